The van der Waals surface area contributed by atoms with Crippen molar-refractivity contribution >= 4 is 28.6 Å². The van der Waals surface area contributed by atoms with Crippen LogP contribution in [0.1, 0.15) is 5.37 Å². The van der Waals surface area contributed by atoms with Crippen LogP contribution >= 0.6 is 11.8 Å². The maximum atomic E-state index is 9.03. The second-order valence-corrected chi connectivity index (χ2v) is 5.10. The topological polar surface area (TPSA) is 86.2 Å². The Bertz CT molecular complexity index is 544. The number of aliphatic hydroxyl groups is 1. The number of nitrogens with zero attached hydrogens (tertiary/aromatic N) is 3. The number of aliphatic hydroxyl groups excluding tert-OH is 1. The third-order valence-electron chi connectivity index (χ3n) is 2.68. The minimum Gasteiger partial charge on any atom is -0.397 e. The molecule has 0 spiro atoms. The lowest BCUT2D eigenvalue weighted by molar-refractivity contribution is 0.0810. The molecule has 17 heavy (non-hydrogen) atoms. The summed E-state index contributed by atoms with van der Waals surface area (Å²) >= 11 is 1.56. The standard InChI is InChI=1S/C10H12N4O2S/c11-6-1-2-12-10-9(6)13-5-14(10)7-4-16-8(3-15)17-7/h1-2,5,7-8,15H,3-4H2,(H2,11,12). The van der Waals surface area contributed by atoms with Gasteiger partial charge in [0.1, 0.15) is 16.3 Å². The highest BCUT2D eigenvalue weighted by molar-refractivity contribution is 8.00. The number of aromatic nitrogens is 3. The van der Waals surface area contributed by atoms with Gasteiger partial charge >= 0.3 is 0 Å². The second-order valence-electron chi connectivity index (χ2n) is 3.76. The van der Waals surface area contributed by atoms with Crippen molar-refractivity contribution in [2.75, 3.05) is 18.9 Å². The molecule has 3 heterocycles. The molecule has 3 rings (SSSR count). The van der Waals surface area contributed by atoms with Crippen molar-refractivity contribution in [3.05, 3.63) is 18.6 Å². The predicted molar refractivity (Wildman–Crippen MR) is 65.4 cm³/mol. The highest BCUT2D eigenvalue weighted by atomic mass is 32.2. The number of anilines is 1. The average Bonchev–Trinajstić information content (AvgIpc) is 2.94. The van der Waals surface area contributed by atoms with E-state index in [0.29, 0.717) is 17.8 Å². The fourth-order valence-electron chi connectivity index (χ4n) is 1.85. The molecule has 2 aromatic rings. The smallest absolute Gasteiger partial charge is 0.162 e. The summed E-state index contributed by atoms with van der Waals surface area (Å²) in [5, 5.41) is 9.12. The lowest BCUT2D eigenvalue weighted by Crippen LogP contribution is -2.05. The van der Waals surface area contributed by atoms with Crippen molar-refractivity contribution in [3.8, 4) is 0 Å². The van der Waals surface area contributed by atoms with Crippen LogP contribution < -0.4 is 5.73 Å². The fourth-order valence-corrected chi connectivity index (χ4v) is 2.89. The van der Waals surface area contributed by atoms with Crippen LogP contribution in [0, 0.1) is 0 Å². The van der Waals surface area contributed by atoms with Gasteiger partial charge in [-0.1, -0.05) is 0 Å². The minimum absolute atomic E-state index is 0.0172. The molecular weight excluding hydrogens is 240 g/mol. The van der Waals surface area contributed by atoms with E-state index in [1.807, 2.05) is 4.57 Å². The van der Waals surface area contributed by atoms with Gasteiger partial charge in [-0.3, -0.25) is 0 Å². The summed E-state index contributed by atoms with van der Waals surface area (Å²) in [5.41, 5.74) is 7.74. The molecule has 2 aromatic heterocycles. The first-order chi connectivity index (χ1) is 8.29. The molecule has 1 aliphatic rings. The number of thioether (sulfide) groups is 1. The lowest BCUT2D eigenvalue weighted by atomic mass is 10.4. The molecule has 7 heteroatoms. The molecule has 0 amide bonds. The Morgan fingerprint density at radius 1 is 1.59 bits per heavy atom. The number of nitrogen functional groups attached to an aromatic ring is 1. The molecule has 0 bridgehead atoms. The molecule has 1 aliphatic heterocycles. The van der Waals surface area contributed by atoms with Crippen LogP contribution in [0.4, 0.5) is 5.69 Å². The summed E-state index contributed by atoms with van der Waals surface area (Å²) in [6.45, 7) is 0.557. The van der Waals surface area contributed by atoms with Crippen LogP contribution in [-0.4, -0.2) is 38.3 Å². The van der Waals surface area contributed by atoms with Gasteiger partial charge in [0, 0.05) is 6.20 Å². The molecule has 2 atom stereocenters. The molecule has 0 radical (unpaired) electrons. The Morgan fingerprint density at radius 2 is 2.47 bits per heavy atom. The average molecular weight is 252 g/mol. The molecule has 0 aromatic carbocycles. The number of imidazole rings is 1. The van der Waals surface area contributed by atoms with E-state index in [0.717, 1.165) is 5.65 Å². The number of hydrogen-bond donors (Lipinski definition) is 2. The van der Waals surface area contributed by atoms with E-state index in [9.17, 15) is 0 Å². The van der Waals surface area contributed by atoms with E-state index < -0.39 is 0 Å². The Labute approximate surface area is 102 Å². The highest BCUT2D eigenvalue weighted by Crippen LogP contribution is 2.36. The molecule has 90 valence electrons. The normalized spacial score (nSPS) is 24.5. The SMILES string of the molecule is Nc1ccnc2c1ncn2C1COC(CO)S1. The van der Waals surface area contributed by atoms with Gasteiger partial charge in [-0.05, 0) is 6.07 Å². The van der Waals surface area contributed by atoms with E-state index in [4.69, 9.17) is 15.6 Å². The van der Waals surface area contributed by atoms with E-state index in [1.165, 1.54) is 0 Å². The van der Waals surface area contributed by atoms with Crippen molar-refractivity contribution in [2.24, 2.45) is 0 Å². The van der Waals surface area contributed by atoms with Crippen molar-refractivity contribution in [1.82, 2.24) is 14.5 Å². The van der Waals surface area contributed by atoms with Gasteiger partial charge in [0.25, 0.3) is 0 Å². The van der Waals surface area contributed by atoms with Gasteiger partial charge in [-0.15, -0.1) is 11.8 Å². The van der Waals surface area contributed by atoms with Crippen LogP contribution in [-0.2, 0) is 4.74 Å². The largest absolute Gasteiger partial charge is 0.397 e. The molecule has 0 aliphatic carbocycles. The van der Waals surface area contributed by atoms with Gasteiger partial charge in [0.15, 0.2) is 5.65 Å². The number of pyridine rings is 1. The lowest BCUT2D eigenvalue weighted by Gasteiger charge is -2.09. The first-order valence-corrected chi connectivity index (χ1v) is 6.19. The van der Waals surface area contributed by atoms with Crippen molar-refractivity contribution in [2.45, 2.75) is 10.8 Å². The fraction of sp³-hybridized carbons (Fsp3) is 0.400. The van der Waals surface area contributed by atoms with E-state index in [2.05, 4.69) is 9.97 Å². The summed E-state index contributed by atoms with van der Waals surface area (Å²) in [6.07, 6.45) is 3.38. The maximum absolute atomic E-state index is 9.03. The first-order valence-electron chi connectivity index (χ1n) is 5.24. The molecule has 0 saturated carbocycles. The molecule has 3 N–H and O–H groups in total. The quantitative estimate of drug-likeness (QED) is 0.813. The zero-order valence-corrected chi connectivity index (χ0v) is 9.80. The summed E-state index contributed by atoms with van der Waals surface area (Å²) in [5.74, 6) is 0. The maximum Gasteiger partial charge on any atom is 0.162 e. The Hall–Kier alpha value is -1.31. The molecule has 2 unspecified atom stereocenters. The summed E-state index contributed by atoms with van der Waals surface area (Å²) in [6, 6.07) is 1.73. The molecule has 1 fully saturated rings. The third kappa shape index (κ3) is 1.76. The summed E-state index contributed by atoms with van der Waals surface area (Å²) < 4.78 is 7.36. The Kier molecular flexibility index (Phi) is 2.65. The van der Waals surface area contributed by atoms with Crippen LogP contribution in [0.15, 0.2) is 18.6 Å². The van der Waals surface area contributed by atoms with E-state index >= 15 is 0 Å². The van der Waals surface area contributed by atoms with Gasteiger partial charge in [-0.2, -0.15) is 0 Å². The van der Waals surface area contributed by atoms with Crippen molar-refractivity contribution in [1.29, 1.82) is 0 Å². The van der Waals surface area contributed by atoms with Gasteiger partial charge < -0.3 is 20.1 Å². The molecular formula is C10H12N4O2S. The highest BCUT2D eigenvalue weighted by Gasteiger charge is 2.28. The number of ether oxygens (including phenoxy) is 1. The third-order valence-corrected chi connectivity index (χ3v) is 3.95. The Balaban J connectivity index is 1.99. The van der Waals surface area contributed by atoms with Crippen molar-refractivity contribution < 1.29 is 9.84 Å². The van der Waals surface area contributed by atoms with Crippen molar-refractivity contribution in [3.63, 3.8) is 0 Å². The van der Waals surface area contributed by atoms with Crippen LogP contribution in [0.2, 0.25) is 0 Å². The zero-order chi connectivity index (χ0) is 11.8. The number of nitrogens with two attached hydrogens (primary N) is 1. The number of fused-ring (bicyclic) bond motifs is 1. The Morgan fingerprint density at radius 3 is 3.24 bits per heavy atom. The van der Waals surface area contributed by atoms with Crippen LogP contribution in [0.3, 0.4) is 0 Å². The summed E-state index contributed by atoms with van der Waals surface area (Å²) in [4.78, 5) is 8.54. The predicted octanol–water partition coefficient (Wildman–Crippen LogP) is 0.594. The number of hydrogen-bond acceptors (Lipinski definition) is 6. The van der Waals surface area contributed by atoms with Crippen LogP contribution in [0.25, 0.3) is 11.2 Å². The van der Waals surface area contributed by atoms with Gasteiger partial charge in [0.05, 0.1) is 25.2 Å². The zero-order valence-electron chi connectivity index (χ0n) is 8.98. The van der Waals surface area contributed by atoms with Gasteiger partial charge in [0.2, 0.25) is 0 Å². The monoisotopic (exact) mass is 252 g/mol. The molecule has 6 nitrogen and oxygen atoms in total. The van der Waals surface area contributed by atoms with E-state index in [1.54, 1.807) is 30.4 Å². The second kappa shape index (κ2) is 4.17. The minimum atomic E-state index is -0.168. The first kappa shape index (κ1) is 10.8. The van der Waals surface area contributed by atoms with Gasteiger partial charge in [-0.25, -0.2) is 9.97 Å². The number of rotatable bonds is 2. The van der Waals surface area contributed by atoms with E-state index in [-0.39, 0.29) is 17.4 Å². The molecule has 1 saturated heterocycles. The van der Waals surface area contributed by atoms with Crippen LogP contribution in [0.5, 0.6) is 0 Å². The summed E-state index contributed by atoms with van der Waals surface area (Å²) in [7, 11) is 0.